The molecule has 1 fully saturated rings. The Bertz CT molecular complexity index is 1050. The fourth-order valence-electron chi connectivity index (χ4n) is 3.02. The van der Waals surface area contributed by atoms with Crippen LogP contribution in [0, 0.1) is 0 Å². The van der Waals surface area contributed by atoms with E-state index in [4.69, 9.17) is 0 Å². The van der Waals surface area contributed by atoms with Gasteiger partial charge < -0.3 is 0 Å². The van der Waals surface area contributed by atoms with Crippen LogP contribution in [0.15, 0.2) is 94.4 Å². The molecular weight excluding hydrogens is 448 g/mol. The first kappa shape index (κ1) is 19.6. The Hall–Kier alpha value is -2.70. The first-order valence-corrected chi connectivity index (χ1v) is 10.8. The highest BCUT2D eigenvalue weighted by molar-refractivity contribution is 9.10. The van der Waals surface area contributed by atoms with E-state index in [-0.39, 0.29) is 18.1 Å². The number of halogens is 1. The molecule has 4 nitrogen and oxygen atoms in total. The van der Waals surface area contributed by atoms with E-state index >= 15 is 0 Å². The third kappa shape index (κ3) is 4.49. The molecule has 0 N–H and O–H groups in total. The molecule has 0 aliphatic carbocycles. The zero-order valence-corrected chi connectivity index (χ0v) is 17.8. The number of amides is 1. The van der Waals surface area contributed by atoms with Crippen LogP contribution >= 0.6 is 27.7 Å². The van der Waals surface area contributed by atoms with E-state index in [0.29, 0.717) is 10.7 Å². The number of thioether (sulfide) groups is 1. The highest BCUT2D eigenvalue weighted by Gasteiger charge is 2.40. The second-order valence-corrected chi connectivity index (χ2v) is 8.57. The Morgan fingerprint density at radius 1 is 0.931 bits per heavy atom. The molecule has 3 aromatic carbocycles. The number of benzene rings is 3. The number of hydrogen-bond donors (Lipinski definition) is 0. The van der Waals surface area contributed by atoms with Gasteiger partial charge >= 0.3 is 0 Å². The fraction of sp³-hybridized carbons (Fsp3) is 0.0870. The minimum Gasteiger partial charge on any atom is -0.294 e. The smallest absolute Gasteiger partial charge is 0.247 e. The summed E-state index contributed by atoms with van der Waals surface area (Å²) in [5, 5.41) is 0.0785. The first-order valence-electron chi connectivity index (χ1n) is 9.10. The summed E-state index contributed by atoms with van der Waals surface area (Å²) < 4.78 is 0.910. The van der Waals surface area contributed by atoms with E-state index in [2.05, 4.69) is 20.9 Å². The Morgan fingerprint density at radius 2 is 1.55 bits per heavy atom. The van der Waals surface area contributed by atoms with Crippen molar-refractivity contribution in [2.24, 2.45) is 4.99 Å². The summed E-state index contributed by atoms with van der Waals surface area (Å²) in [5.41, 5.74) is 2.11. The topological polar surface area (TPSA) is 49.7 Å². The number of Topliss-reactive ketones (excluding diaryl/α,β-unsaturated/α-hetero) is 1. The van der Waals surface area contributed by atoms with E-state index in [9.17, 15) is 9.59 Å². The number of hydrogen-bond acceptors (Lipinski definition) is 4. The fourth-order valence-corrected chi connectivity index (χ4v) is 4.44. The molecule has 1 aliphatic heterocycles. The summed E-state index contributed by atoms with van der Waals surface area (Å²) in [6.07, 6.45) is 0.127. The van der Waals surface area contributed by atoms with Crippen molar-refractivity contribution < 1.29 is 9.59 Å². The predicted molar refractivity (Wildman–Crippen MR) is 122 cm³/mol. The number of nitrogens with zero attached hydrogens (tertiary/aromatic N) is 2. The van der Waals surface area contributed by atoms with E-state index in [1.807, 2.05) is 72.8 Å². The molecule has 29 heavy (non-hydrogen) atoms. The largest absolute Gasteiger partial charge is 0.294 e. The number of para-hydroxylation sites is 2. The quantitative estimate of drug-likeness (QED) is 0.444. The number of ketones is 1. The molecule has 1 saturated heterocycles. The number of aliphatic imine (C=N–C) groups is 1. The van der Waals surface area contributed by atoms with Crippen LogP contribution in [0.25, 0.3) is 0 Å². The predicted octanol–water partition coefficient (Wildman–Crippen LogP) is 5.86. The van der Waals surface area contributed by atoms with E-state index in [1.54, 1.807) is 17.0 Å². The van der Waals surface area contributed by atoms with Gasteiger partial charge in [-0.05, 0) is 36.4 Å². The van der Waals surface area contributed by atoms with Crippen LogP contribution in [-0.4, -0.2) is 22.1 Å². The van der Waals surface area contributed by atoms with E-state index in [1.165, 1.54) is 11.8 Å². The van der Waals surface area contributed by atoms with Crippen LogP contribution in [0.2, 0.25) is 0 Å². The minimum atomic E-state index is -0.506. The van der Waals surface area contributed by atoms with Gasteiger partial charge in [-0.15, -0.1) is 0 Å². The van der Waals surface area contributed by atoms with Gasteiger partial charge in [0.25, 0.3) is 0 Å². The Morgan fingerprint density at radius 3 is 2.21 bits per heavy atom. The normalized spacial score (nSPS) is 17.7. The third-order valence-electron chi connectivity index (χ3n) is 4.47. The molecule has 1 unspecified atom stereocenters. The number of carbonyl (C=O) groups is 2. The van der Waals surface area contributed by atoms with E-state index in [0.717, 1.165) is 15.8 Å². The molecule has 4 rings (SSSR count). The lowest BCUT2D eigenvalue weighted by Crippen LogP contribution is -2.32. The van der Waals surface area contributed by atoms with Crippen molar-refractivity contribution in [1.82, 2.24) is 0 Å². The average Bonchev–Trinajstić information content (AvgIpc) is 3.04. The minimum absolute atomic E-state index is 0.0580. The molecule has 1 aliphatic rings. The molecule has 0 saturated carbocycles. The van der Waals surface area contributed by atoms with Gasteiger partial charge in [0, 0.05) is 16.5 Å². The van der Waals surface area contributed by atoms with Gasteiger partial charge in [0.2, 0.25) is 5.91 Å². The highest BCUT2D eigenvalue weighted by atomic mass is 79.9. The molecule has 1 heterocycles. The molecule has 0 bridgehead atoms. The number of anilines is 1. The van der Waals surface area contributed by atoms with Crippen molar-refractivity contribution in [2.45, 2.75) is 11.7 Å². The van der Waals surface area contributed by atoms with Gasteiger partial charge in [-0.2, -0.15) is 0 Å². The zero-order chi connectivity index (χ0) is 20.2. The maximum atomic E-state index is 13.2. The standard InChI is InChI=1S/C23H17BrN2O2S/c24-17-13-11-16(12-14-17)20(27)15-21-22(28)26(19-9-5-2-6-10-19)23(29-21)25-18-7-3-1-4-8-18/h1-14,21H,15H2. The number of amidine groups is 1. The van der Waals surface area contributed by atoms with Gasteiger partial charge in [-0.1, -0.05) is 76.2 Å². The number of carbonyl (C=O) groups excluding carboxylic acids is 2. The third-order valence-corrected chi connectivity index (χ3v) is 6.13. The summed E-state index contributed by atoms with van der Waals surface area (Å²) >= 11 is 4.71. The van der Waals surface area contributed by atoms with Crippen LogP contribution < -0.4 is 4.90 Å². The molecule has 1 amide bonds. The van der Waals surface area contributed by atoms with Crippen LogP contribution in [-0.2, 0) is 4.79 Å². The molecule has 144 valence electrons. The average molecular weight is 465 g/mol. The molecule has 1 atom stereocenters. The summed E-state index contributed by atoms with van der Waals surface area (Å²) in [6.45, 7) is 0. The van der Waals surface area contributed by atoms with Crippen molar-refractivity contribution >= 4 is 55.9 Å². The lowest BCUT2D eigenvalue weighted by atomic mass is 10.1. The second-order valence-electron chi connectivity index (χ2n) is 6.48. The highest BCUT2D eigenvalue weighted by Crippen LogP contribution is 2.35. The maximum absolute atomic E-state index is 13.2. The lowest BCUT2D eigenvalue weighted by molar-refractivity contribution is -0.116. The molecule has 6 heteroatoms. The van der Waals surface area contributed by atoms with Crippen LogP contribution in [0.3, 0.4) is 0 Å². The maximum Gasteiger partial charge on any atom is 0.247 e. The Kier molecular flexibility index (Phi) is 5.92. The summed E-state index contributed by atoms with van der Waals surface area (Å²) in [6, 6.07) is 26.1. The van der Waals surface area contributed by atoms with Crippen LogP contribution in [0.4, 0.5) is 11.4 Å². The van der Waals surface area contributed by atoms with Gasteiger partial charge in [-0.3, -0.25) is 14.5 Å². The van der Waals surface area contributed by atoms with Crippen molar-refractivity contribution in [3.8, 4) is 0 Å². The van der Waals surface area contributed by atoms with Gasteiger partial charge in [0.05, 0.1) is 16.6 Å². The number of rotatable bonds is 5. The van der Waals surface area contributed by atoms with Crippen LogP contribution in [0.5, 0.6) is 0 Å². The Balaban J connectivity index is 1.63. The van der Waals surface area contributed by atoms with E-state index < -0.39 is 5.25 Å². The molecule has 0 spiro atoms. The van der Waals surface area contributed by atoms with Gasteiger partial charge in [-0.25, -0.2) is 4.99 Å². The summed E-state index contributed by atoms with van der Waals surface area (Å²) in [4.78, 5) is 32.2. The molecule has 0 radical (unpaired) electrons. The zero-order valence-electron chi connectivity index (χ0n) is 15.4. The Labute approximate surface area is 181 Å². The van der Waals surface area contributed by atoms with Gasteiger partial charge in [0.15, 0.2) is 11.0 Å². The molecule has 3 aromatic rings. The molecular formula is C23H17BrN2O2S. The van der Waals surface area contributed by atoms with Crippen LogP contribution in [0.1, 0.15) is 16.8 Å². The monoisotopic (exact) mass is 464 g/mol. The van der Waals surface area contributed by atoms with Gasteiger partial charge in [0.1, 0.15) is 0 Å². The van der Waals surface area contributed by atoms with Crippen molar-refractivity contribution in [3.05, 3.63) is 95.0 Å². The SMILES string of the molecule is O=C(CC1SC(=Nc2ccccc2)N(c2ccccc2)C1=O)c1ccc(Br)cc1. The molecule has 0 aromatic heterocycles. The summed E-state index contributed by atoms with van der Waals surface area (Å²) in [7, 11) is 0. The first-order chi connectivity index (χ1) is 14.1. The van der Waals surface area contributed by atoms with Crippen molar-refractivity contribution in [2.75, 3.05) is 4.90 Å². The lowest BCUT2D eigenvalue weighted by Gasteiger charge is -2.16. The second kappa shape index (κ2) is 8.76. The summed E-state index contributed by atoms with van der Waals surface area (Å²) in [5.74, 6) is -0.182. The van der Waals surface area contributed by atoms with Crippen molar-refractivity contribution in [3.63, 3.8) is 0 Å². The van der Waals surface area contributed by atoms with Crippen molar-refractivity contribution in [1.29, 1.82) is 0 Å².